The number of nitrogens with zero attached hydrogens (tertiary/aromatic N) is 4. The zero-order valence-electron chi connectivity index (χ0n) is 39.9. The van der Waals surface area contributed by atoms with Crippen LogP contribution in [-0.2, 0) is 0 Å². The van der Waals surface area contributed by atoms with Crippen LogP contribution in [0, 0.1) is 0 Å². The van der Waals surface area contributed by atoms with Crippen molar-refractivity contribution in [3.8, 4) is 73.2 Å². The van der Waals surface area contributed by atoms with Gasteiger partial charge in [-0.05, 0) is 121 Å². The van der Waals surface area contributed by atoms with Crippen LogP contribution in [0.25, 0.3) is 149 Å². The molecule has 74 heavy (non-hydrogen) atoms. The van der Waals surface area contributed by atoms with E-state index >= 15 is 0 Å². The second-order valence-electron chi connectivity index (χ2n) is 19.1. The molecule has 0 amide bonds. The van der Waals surface area contributed by atoms with E-state index in [9.17, 15) is 0 Å². The van der Waals surface area contributed by atoms with Crippen molar-refractivity contribution in [1.29, 1.82) is 0 Å². The summed E-state index contributed by atoms with van der Waals surface area (Å²) in [7, 11) is 0. The van der Waals surface area contributed by atoms with Crippen LogP contribution in [0.4, 0.5) is 0 Å². The fourth-order valence-corrected chi connectivity index (χ4v) is 11.4. The summed E-state index contributed by atoms with van der Waals surface area (Å²) in [6.45, 7) is 0. The highest BCUT2D eigenvalue weighted by Crippen LogP contribution is 2.45. The molecule has 0 bridgehead atoms. The molecule has 0 fully saturated rings. The molecule has 5 heteroatoms. The highest BCUT2D eigenvalue weighted by Gasteiger charge is 2.22. The van der Waals surface area contributed by atoms with Gasteiger partial charge >= 0.3 is 0 Å². The molecular weight excluding hydrogens is 901 g/mol. The van der Waals surface area contributed by atoms with Gasteiger partial charge in [-0.3, -0.25) is 0 Å². The lowest BCUT2D eigenvalue weighted by molar-refractivity contribution is 0.670. The third-order valence-corrected chi connectivity index (χ3v) is 14.8. The maximum absolute atomic E-state index is 6.80. The predicted molar refractivity (Wildman–Crippen MR) is 307 cm³/mol. The Morgan fingerprint density at radius 3 is 1.61 bits per heavy atom. The van der Waals surface area contributed by atoms with Gasteiger partial charge in [0.05, 0.1) is 11.0 Å². The summed E-state index contributed by atoms with van der Waals surface area (Å²) in [5, 5.41) is 11.2. The predicted octanol–water partition coefficient (Wildman–Crippen LogP) is 18.3. The molecule has 12 aromatic carbocycles. The normalized spacial score (nSPS) is 11.8. The zero-order valence-corrected chi connectivity index (χ0v) is 39.9. The lowest BCUT2D eigenvalue weighted by Gasteiger charge is -2.15. The molecule has 344 valence electrons. The summed E-state index contributed by atoms with van der Waals surface area (Å²) >= 11 is 0. The van der Waals surface area contributed by atoms with Crippen LogP contribution in [0.1, 0.15) is 0 Å². The van der Waals surface area contributed by atoms with Crippen LogP contribution in [-0.4, -0.2) is 19.5 Å². The smallest absolute Gasteiger partial charge is 0.164 e. The van der Waals surface area contributed by atoms with Gasteiger partial charge < -0.3 is 8.98 Å². The van der Waals surface area contributed by atoms with Crippen molar-refractivity contribution >= 4 is 76.1 Å². The van der Waals surface area contributed by atoms with Crippen LogP contribution < -0.4 is 0 Å². The largest absolute Gasteiger partial charge is 0.455 e. The molecule has 0 radical (unpaired) electrons. The van der Waals surface area contributed by atoms with Crippen LogP contribution in [0.3, 0.4) is 0 Å². The third-order valence-electron chi connectivity index (χ3n) is 14.8. The quantitative estimate of drug-likeness (QED) is 0.160. The van der Waals surface area contributed by atoms with E-state index in [1.165, 1.54) is 21.8 Å². The van der Waals surface area contributed by atoms with Crippen molar-refractivity contribution < 1.29 is 4.42 Å². The van der Waals surface area contributed by atoms with E-state index in [0.29, 0.717) is 17.5 Å². The Labute approximate surface area is 425 Å². The number of aromatic nitrogens is 4. The fourth-order valence-electron chi connectivity index (χ4n) is 11.4. The highest BCUT2D eigenvalue weighted by molar-refractivity contribution is 6.19. The lowest BCUT2D eigenvalue weighted by Crippen LogP contribution is -2.01. The molecule has 3 heterocycles. The second-order valence-corrected chi connectivity index (χ2v) is 19.1. The van der Waals surface area contributed by atoms with Gasteiger partial charge in [-0.2, -0.15) is 0 Å². The summed E-state index contributed by atoms with van der Waals surface area (Å²) < 4.78 is 9.16. The number of rotatable bonds is 7. The Morgan fingerprint density at radius 1 is 0.284 bits per heavy atom. The van der Waals surface area contributed by atoms with Gasteiger partial charge in [-0.1, -0.05) is 194 Å². The summed E-state index contributed by atoms with van der Waals surface area (Å²) in [6.07, 6.45) is 0. The average molecular weight is 943 g/mol. The molecular formula is C69H42N4O. The van der Waals surface area contributed by atoms with E-state index in [1.807, 2.05) is 12.1 Å². The van der Waals surface area contributed by atoms with E-state index in [1.54, 1.807) is 0 Å². The van der Waals surface area contributed by atoms with Crippen LogP contribution in [0.15, 0.2) is 259 Å². The Balaban J connectivity index is 0.944. The van der Waals surface area contributed by atoms with E-state index in [-0.39, 0.29) is 0 Å². The number of benzene rings is 12. The highest BCUT2D eigenvalue weighted by atomic mass is 16.3. The molecule has 0 aliphatic heterocycles. The first-order valence-corrected chi connectivity index (χ1v) is 25.1. The van der Waals surface area contributed by atoms with E-state index < -0.39 is 0 Å². The van der Waals surface area contributed by atoms with Crippen molar-refractivity contribution in [2.45, 2.75) is 0 Å². The van der Waals surface area contributed by atoms with Crippen molar-refractivity contribution in [3.05, 3.63) is 255 Å². The number of hydrogen-bond acceptors (Lipinski definition) is 4. The lowest BCUT2D eigenvalue weighted by atomic mass is 9.91. The molecule has 15 rings (SSSR count). The minimum Gasteiger partial charge on any atom is -0.455 e. The molecule has 5 nitrogen and oxygen atoms in total. The first kappa shape index (κ1) is 41.8. The number of fused-ring (bicyclic) bond motifs is 9. The van der Waals surface area contributed by atoms with Gasteiger partial charge in [0.2, 0.25) is 0 Å². The zero-order chi connectivity index (χ0) is 48.7. The third kappa shape index (κ3) is 6.75. The molecule has 3 aromatic heterocycles. The SMILES string of the molecule is c1ccc(-c2ccc(-c3nc(-c4cc(-c5c6ccccc6cc6c5oc5ccccc56)cc5ccccc45)nc(-c4ccc(-c5ccc6c(c5)c5ccccc5n6-c5ccccc5)c5ccccc45)n3)cc2)cc1. The van der Waals surface area contributed by atoms with Crippen molar-refractivity contribution in [2.75, 3.05) is 0 Å². The van der Waals surface area contributed by atoms with Gasteiger partial charge in [-0.25, -0.2) is 15.0 Å². The standard InChI is InChI=1S/C69H42N4O/c1-3-17-43(18-4-1)44-31-33-45(34-32-44)67-70-68(58-37-36-52(54-25-11-12-26-55(54)58)48-35-38-63-59(40-48)56-27-13-15-29-62(56)73(63)50-21-5-2-6-22-50)72-69(71-67)61-42-49(39-46-19-7-9-23-51(46)61)65-53-24-10-8-20-47(53)41-60-57-28-14-16-30-64(57)74-66(60)65/h1-42H. The maximum Gasteiger partial charge on any atom is 0.164 e. The minimum absolute atomic E-state index is 0.588. The molecule has 15 aromatic rings. The molecule has 0 spiro atoms. The van der Waals surface area contributed by atoms with Gasteiger partial charge in [0, 0.05) is 49.5 Å². The number of para-hydroxylation sites is 3. The van der Waals surface area contributed by atoms with Crippen LogP contribution >= 0.6 is 0 Å². The Kier molecular flexibility index (Phi) is 9.50. The van der Waals surface area contributed by atoms with Crippen LogP contribution in [0.2, 0.25) is 0 Å². The molecule has 0 unspecified atom stereocenters. The number of furan rings is 1. The van der Waals surface area contributed by atoms with Crippen molar-refractivity contribution in [1.82, 2.24) is 19.5 Å². The summed E-state index contributed by atoms with van der Waals surface area (Å²) in [4.78, 5) is 16.3. The molecule has 0 saturated heterocycles. The fraction of sp³-hybridized carbons (Fsp3) is 0. The molecule has 0 N–H and O–H groups in total. The van der Waals surface area contributed by atoms with Crippen molar-refractivity contribution in [2.24, 2.45) is 0 Å². The molecule has 0 saturated carbocycles. The van der Waals surface area contributed by atoms with E-state index in [2.05, 4.69) is 247 Å². The monoisotopic (exact) mass is 942 g/mol. The maximum atomic E-state index is 6.80. The molecule has 0 aliphatic carbocycles. The van der Waals surface area contributed by atoms with Gasteiger partial charge in [0.1, 0.15) is 11.2 Å². The van der Waals surface area contributed by atoms with E-state index in [4.69, 9.17) is 19.4 Å². The molecule has 0 atom stereocenters. The Hall–Kier alpha value is -9.97. The second kappa shape index (κ2) is 16.8. The summed E-state index contributed by atoms with van der Waals surface area (Å²) in [6, 6.07) is 90.5. The first-order chi connectivity index (χ1) is 36.7. The summed E-state index contributed by atoms with van der Waals surface area (Å²) in [5.41, 5.74) is 14.6. The number of hydrogen-bond donors (Lipinski definition) is 0. The average Bonchev–Trinajstić information content (AvgIpc) is 4.01. The van der Waals surface area contributed by atoms with Gasteiger partial charge in [0.25, 0.3) is 0 Å². The Morgan fingerprint density at radius 2 is 0.824 bits per heavy atom. The summed E-state index contributed by atoms with van der Waals surface area (Å²) in [5.74, 6) is 1.78. The van der Waals surface area contributed by atoms with E-state index in [0.717, 1.165) is 110 Å². The van der Waals surface area contributed by atoms with Crippen LogP contribution in [0.5, 0.6) is 0 Å². The molecule has 0 aliphatic rings. The van der Waals surface area contributed by atoms with Crippen molar-refractivity contribution in [3.63, 3.8) is 0 Å². The first-order valence-electron chi connectivity index (χ1n) is 25.1. The minimum atomic E-state index is 0.588. The Bertz CT molecular complexity index is 4710. The van der Waals surface area contributed by atoms with Gasteiger partial charge in [-0.15, -0.1) is 0 Å². The topological polar surface area (TPSA) is 56.7 Å². The van der Waals surface area contributed by atoms with Gasteiger partial charge in [0.15, 0.2) is 17.5 Å².